The van der Waals surface area contributed by atoms with Crippen LogP contribution in [0.2, 0.25) is 0 Å². The van der Waals surface area contributed by atoms with Crippen molar-refractivity contribution < 1.29 is 5.11 Å². The summed E-state index contributed by atoms with van der Waals surface area (Å²) < 4.78 is 0. The van der Waals surface area contributed by atoms with Crippen molar-refractivity contribution in [1.29, 1.82) is 0 Å². The van der Waals surface area contributed by atoms with Gasteiger partial charge in [-0.1, -0.05) is 19.1 Å². The number of allylic oxidation sites excluding steroid dienone is 3. The number of hydrogen-bond acceptors (Lipinski definition) is 1. The quantitative estimate of drug-likeness (QED) is 0.611. The third-order valence-electron chi connectivity index (χ3n) is 2.28. The lowest BCUT2D eigenvalue weighted by molar-refractivity contribution is 0.329. The van der Waals surface area contributed by atoms with E-state index in [0.29, 0.717) is 5.92 Å². The molecule has 0 saturated carbocycles. The summed E-state index contributed by atoms with van der Waals surface area (Å²) in [5.74, 6) is 0.713. The van der Waals surface area contributed by atoms with Gasteiger partial charge in [0.1, 0.15) is 0 Å². The van der Waals surface area contributed by atoms with Crippen molar-refractivity contribution in [3.05, 3.63) is 23.3 Å². The zero-order valence-corrected chi connectivity index (χ0v) is 7.30. The van der Waals surface area contributed by atoms with Crippen LogP contribution >= 0.6 is 0 Å². The molecule has 1 heteroatoms. The van der Waals surface area contributed by atoms with Crippen LogP contribution in [-0.2, 0) is 0 Å². The molecule has 1 aliphatic rings. The minimum atomic E-state index is 0.202. The van der Waals surface area contributed by atoms with E-state index >= 15 is 0 Å². The molecule has 1 N–H and O–H groups in total. The van der Waals surface area contributed by atoms with Gasteiger partial charge in [-0.15, -0.1) is 0 Å². The third kappa shape index (κ3) is 2.19. The molecule has 0 aliphatic heterocycles. The second kappa shape index (κ2) is 3.72. The van der Waals surface area contributed by atoms with Gasteiger partial charge in [-0.25, -0.2) is 0 Å². The molecule has 0 heterocycles. The first kappa shape index (κ1) is 8.54. The summed E-state index contributed by atoms with van der Waals surface area (Å²) in [6.07, 6.45) is 6.73. The maximum Gasteiger partial charge on any atom is 0.0644 e. The Morgan fingerprint density at radius 3 is 2.91 bits per heavy atom. The molecule has 1 aliphatic carbocycles. The molecule has 0 fully saturated rings. The van der Waals surface area contributed by atoms with Gasteiger partial charge in [0.25, 0.3) is 0 Å². The fourth-order valence-corrected chi connectivity index (χ4v) is 1.30. The zero-order chi connectivity index (χ0) is 8.27. The van der Waals surface area contributed by atoms with E-state index in [-0.39, 0.29) is 6.61 Å². The van der Waals surface area contributed by atoms with Crippen molar-refractivity contribution in [1.82, 2.24) is 0 Å². The molecule has 1 nitrogen and oxygen atoms in total. The van der Waals surface area contributed by atoms with Crippen LogP contribution in [-0.4, -0.2) is 11.7 Å². The molecule has 1 unspecified atom stereocenters. The van der Waals surface area contributed by atoms with Gasteiger partial charge in [-0.2, -0.15) is 0 Å². The highest BCUT2D eigenvalue weighted by atomic mass is 16.3. The first-order valence-corrected chi connectivity index (χ1v) is 4.21. The molecule has 1 rings (SSSR count). The largest absolute Gasteiger partial charge is 0.392 e. The van der Waals surface area contributed by atoms with E-state index in [1.54, 1.807) is 0 Å². The first-order chi connectivity index (χ1) is 5.24. The van der Waals surface area contributed by atoms with Gasteiger partial charge in [0, 0.05) is 0 Å². The number of rotatable bonds is 1. The lowest BCUT2D eigenvalue weighted by atomic mass is 9.92. The van der Waals surface area contributed by atoms with E-state index in [1.807, 2.05) is 6.92 Å². The van der Waals surface area contributed by atoms with Crippen LogP contribution in [0.4, 0.5) is 0 Å². The van der Waals surface area contributed by atoms with E-state index in [1.165, 1.54) is 12.0 Å². The topological polar surface area (TPSA) is 20.2 Å². The fourth-order valence-electron chi connectivity index (χ4n) is 1.30. The Balaban J connectivity index is 2.70. The smallest absolute Gasteiger partial charge is 0.0644 e. The molecular formula is C10H16O. The van der Waals surface area contributed by atoms with Crippen LogP contribution in [0.1, 0.15) is 26.7 Å². The van der Waals surface area contributed by atoms with Crippen LogP contribution < -0.4 is 0 Å². The molecule has 62 valence electrons. The average Bonchev–Trinajstić information content (AvgIpc) is 2.05. The minimum absolute atomic E-state index is 0.202. The Hall–Kier alpha value is -0.560. The van der Waals surface area contributed by atoms with Crippen LogP contribution in [0.5, 0.6) is 0 Å². The Labute approximate surface area is 68.4 Å². The summed E-state index contributed by atoms with van der Waals surface area (Å²) in [5, 5.41) is 8.86. The van der Waals surface area contributed by atoms with Gasteiger partial charge in [0.2, 0.25) is 0 Å². The van der Waals surface area contributed by atoms with Crippen LogP contribution in [0, 0.1) is 5.92 Å². The van der Waals surface area contributed by atoms with Gasteiger partial charge in [0.05, 0.1) is 6.61 Å². The molecule has 0 saturated heterocycles. The molecule has 0 aromatic heterocycles. The number of aliphatic hydroxyl groups excluding tert-OH is 1. The highest BCUT2D eigenvalue weighted by molar-refractivity contribution is 5.27. The maximum absolute atomic E-state index is 8.86. The summed E-state index contributed by atoms with van der Waals surface area (Å²) in [7, 11) is 0. The Morgan fingerprint density at radius 2 is 2.45 bits per heavy atom. The third-order valence-corrected chi connectivity index (χ3v) is 2.28. The van der Waals surface area contributed by atoms with Crippen molar-refractivity contribution in [3.63, 3.8) is 0 Å². The SMILES string of the molecule is CC(CO)=C1C=CC(C)CC1. The highest BCUT2D eigenvalue weighted by Gasteiger charge is 2.07. The minimum Gasteiger partial charge on any atom is -0.392 e. The summed E-state index contributed by atoms with van der Waals surface area (Å²) in [6.45, 7) is 4.42. The number of hydrogen-bond donors (Lipinski definition) is 1. The molecule has 0 radical (unpaired) electrons. The zero-order valence-electron chi connectivity index (χ0n) is 7.30. The fraction of sp³-hybridized carbons (Fsp3) is 0.600. The van der Waals surface area contributed by atoms with Crippen molar-refractivity contribution >= 4 is 0 Å². The second-order valence-electron chi connectivity index (χ2n) is 3.34. The average molecular weight is 152 g/mol. The molecule has 0 aromatic rings. The van der Waals surface area contributed by atoms with Crippen molar-refractivity contribution in [3.8, 4) is 0 Å². The second-order valence-corrected chi connectivity index (χ2v) is 3.34. The molecule has 0 bridgehead atoms. The summed E-state index contributed by atoms with van der Waals surface area (Å²) >= 11 is 0. The molecule has 0 amide bonds. The van der Waals surface area contributed by atoms with Gasteiger partial charge in [-0.05, 0) is 36.8 Å². The molecule has 0 aromatic carbocycles. The van der Waals surface area contributed by atoms with Crippen molar-refractivity contribution in [2.24, 2.45) is 5.92 Å². The molecule has 0 spiro atoms. The predicted molar refractivity (Wildman–Crippen MR) is 47.3 cm³/mol. The summed E-state index contributed by atoms with van der Waals surface area (Å²) in [4.78, 5) is 0. The predicted octanol–water partition coefficient (Wildman–Crippen LogP) is 2.28. The van der Waals surface area contributed by atoms with Gasteiger partial charge in [0.15, 0.2) is 0 Å². The van der Waals surface area contributed by atoms with Gasteiger partial charge in [-0.3, -0.25) is 0 Å². The van der Waals surface area contributed by atoms with E-state index in [0.717, 1.165) is 12.0 Å². The van der Waals surface area contributed by atoms with Crippen molar-refractivity contribution in [2.75, 3.05) is 6.61 Å². The Kier molecular flexibility index (Phi) is 2.89. The number of aliphatic hydroxyl groups is 1. The molecule has 1 atom stereocenters. The van der Waals surface area contributed by atoms with Gasteiger partial charge < -0.3 is 5.11 Å². The lowest BCUT2D eigenvalue weighted by Crippen LogP contribution is -2.00. The van der Waals surface area contributed by atoms with Crippen LogP contribution in [0.15, 0.2) is 23.3 Å². The van der Waals surface area contributed by atoms with E-state index in [9.17, 15) is 0 Å². The monoisotopic (exact) mass is 152 g/mol. The maximum atomic E-state index is 8.86. The molecule has 11 heavy (non-hydrogen) atoms. The summed E-state index contributed by atoms with van der Waals surface area (Å²) in [5.41, 5.74) is 2.44. The first-order valence-electron chi connectivity index (χ1n) is 4.21. The van der Waals surface area contributed by atoms with Crippen LogP contribution in [0.25, 0.3) is 0 Å². The van der Waals surface area contributed by atoms with E-state index in [4.69, 9.17) is 5.11 Å². The van der Waals surface area contributed by atoms with Gasteiger partial charge >= 0.3 is 0 Å². The standard InChI is InChI=1S/C10H16O/c1-8-3-5-10(6-4-8)9(2)7-11/h3,5,8,11H,4,6-7H2,1-2H3. The Morgan fingerprint density at radius 1 is 1.73 bits per heavy atom. The van der Waals surface area contributed by atoms with Crippen molar-refractivity contribution in [2.45, 2.75) is 26.7 Å². The van der Waals surface area contributed by atoms with Crippen LogP contribution in [0.3, 0.4) is 0 Å². The molecular weight excluding hydrogens is 136 g/mol. The van der Waals surface area contributed by atoms with E-state index < -0.39 is 0 Å². The normalized spacial score (nSPS) is 28.8. The highest BCUT2D eigenvalue weighted by Crippen LogP contribution is 2.23. The lowest BCUT2D eigenvalue weighted by Gasteiger charge is -2.15. The Bertz CT molecular complexity index is 189. The van der Waals surface area contributed by atoms with E-state index in [2.05, 4.69) is 19.1 Å². The summed E-state index contributed by atoms with van der Waals surface area (Å²) in [6, 6.07) is 0.